The molecule has 0 heterocycles. The van der Waals surface area contributed by atoms with Gasteiger partial charge < -0.3 is 15.6 Å². The van der Waals surface area contributed by atoms with Crippen LogP contribution < -0.4 is 10.5 Å². The van der Waals surface area contributed by atoms with E-state index in [0.29, 0.717) is 6.54 Å². The zero-order chi connectivity index (χ0) is 14.6. The van der Waals surface area contributed by atoms with E-state index < -0.39 is 0 Å². The Kier molecular flexibility index (Phi) is 9.09. The van der Waals surface area contributed by atoms with Gasteiger partial charge in [0.2, 0.25) is 0 Å². The van der Waals surface area contributed by atoms with Gasteiger partial charge in [-0.3, -0.25) is 0 Å². The van der Waals surface area contributed by atoms with E-state index in [4.69, 9.17) is 15.6 Å². The monoisotopic (exact) mass is 279 g/mol. The van der Waals surface area contributed by atoms with Crippen LogP contribution in [0, 0.1) is 5.92 Å². The molecule has 0 spiro atoms. The van der Waals surface area contributed by atoms with Gasteiger partial charge in [-0.15, -0.1) is 0 Å². The van der Waals surface area contributed by atoms with Crippen molar-refractivity contribution >= 4 is 0 Å². The Hall–Kier alpha value is -1.06. The Morgan fingerprint density at radius 1 is 1.15 bits per heavy atom. The van der Waals surface area contributed by atoms with Crippen molar-refractivity contribution in [3.63, 3.8) is 0 Å². The number of ether oxygens (including phenoxy) is 1. The number of hydrogen-bond acceptors (Lipinski definition) is 3. The predicted octanol–water partition coefficient (Wildman–Crippen LogP) is 3.15. The number of aliphatic hydroxyl groups excluding tert-OH is 1. The molecule has 0 saturated carbocycles. The number of nitrogens with two attached hydrogens (primary N) is 1. The van der Waals surface area contributed by atoms with Crippen molar-refractivity contribution in [2.75, 3.05) is 19.8 Å². The van der Waals surface area contributed by atoms with Crippen molar-refractivity contribution in [3.8, 4) is 5.75 Å². The van der Waals surface area contributed by atoms with E-state index in [-0.39, 0.29) is 12.5 Å². The van der Waals surface area contributed by atoms with Crippen molar-refractivity contribution < 1.29 is 9.84 Å². The minimum Gasteiger partial charge on any atom is -0.494 e. The van der Waals surface area contributed by atoms with Crippen LogP contribution in [0.2, 0.25) is 0 Å². The van der Waals surface area contributed by atoms with Crippen molar-refractivity contribution in [3.05, 3.63) is 29.8 Å². The Morgan fingerprint density at radius 2 is 1.90 bits per heavy atom. The van der Waals surface area contributed by atoms with Gasteiger partial charge in [0.25, 0.3) is 0 Å². The standard InChI is InChI=1S/C17H29NO2/c1-2-3-4-5-12-20-17-10-8-15(9-11-17)6-7-16(13-18)14-19/h8-11,16,19H,2-7,12-14,18H2,1H3. The first-order valence-corrected chi connectivity index (χ1v) is 7.82. The summed E-state index contributed by atoms with van der Waals surface area (Å²) in [7, 11) is 0. The molecule has 0 aliphatic carbocycles. The van der Waals surface area contributed by atoms with Gasteiger partial charge in [-0.25, -0.2) is 0 Å². The topological polar surface area (TPSA) is 55.5 Å². The van der Waals surface area contributed by atoms with Crippen LogP contribution >= 0.6 is 0 Å². The van der Waals surface area contributed by atoms with E-state index in [9.17, 15) is 0 Å². The fraction of sp³-hybridized carbons (Fsp3) is 0.647. The molecule has 0 aliphatic rings. The molecule has 0 amide bonds. The van der Waals surface area contributed by atoms with Gasteiger partial charge >= 0.3 is 0 Å². The fourth-order valence-corrected chi connectivity index (χ4v) is 2.13. The molecule has 0 bridgehead atoms. The normalized spacial score (nSPS) is 12.3. The molecule has 3 heteroatoms. The van der Waals surface area contributed by atoms with Crippen LogP contribution in [0.25, 0.3) is 0 Å². The summed E-state index contributed by atoms with van der Waals surface area (Å²) >= 11 is 0. The molecule has 1 aromatic rings. The van der Waals surface area contributed by atoms with E-state index in [2.05, 4.69) is 19.1 Å². The lowest BCUT2D eigenvalue weighted by Gasteiger charge is -2.11. The molecule has 0 aliphatic heterocycles. The van der Waals surface area contributed by atoms with Gasteiger partial charge in [0.05, 0.1) is 6.61 Å². The minimum absolute atomic E-state index is 0.176. The molecular weight excluding hydrogens is 250 g/mol. The summed E-state index contributed by atoms with van der Waals surface area (Å²) in [5, 5.41) is 9.11. The van der Waals surface area contributed by atoms with E-state index in [1.165, 1.54) is 24.8 Å². The highest BCUT2D eigenvalue weighted by Gasteiger charge is 2.05. The van der Waals surface area contributed by atoms with E-state index in [1.807, 2.05) is 12.1 Å². The van der Waals surface area contributed by atoms with Crippen LogP contribution in [0.1, 0.15) is 44.6 Å². The molecule has 20 heavy (non-hydrogen) atoms. The van der Waals surface area contributed by atoms with Crippen molar-refractivity contribution in [2.45, 2.75) is 45.4 Å². The average Bonchev–Trinajstić information content (AvgIpc) is 2.49. The molecule has 1 aromatic carbocycles. The van der Waals surface area contributed by atoms with E-state index in [0.717, 1.165) is 31.6 Å². The molecule has 1 rings (SSSR count). The van der Waals surface area contributed by atoms with Crippen LogP contribution in [0.4, 0.5) is 0 Å². The molecule has 0 saturated heterocycles. The molecule has 0 aromatic heterocycles. The lowest BCUT2D eigenvalue weighted by atomic mass is 10.0. The Bertz CT molecular complexity index is 333. The van der Waals surface area contributed by atoms with Crippen LogP contribution in [0.15, 0.2) is 24.3 Å². The quantitative estimate of drug-likeness (QED) is 0.612. The summed E-state index contributed by atoms with van der Waals surface area (Å²) in [4.78, 5) is 0. The number of aryl methyl sites for hydroxylation is 1. The van der Waals surface area contributed by atoms with Gasteiger partial charge in [0, 0.05) is 6.61 Å². The third kappa shape index (κ3) is 6.92. The maximum atomic E-state index is 9.11. The molecule has 3 nitrogen and oxygen atoms in total. The molecular formula is C17H29NO2. The lowest BCUT2D eigenvalue weighted by Crippen LogP contribution is -2.18. The smallest absolute Gasteiger partial charge is 0.119 e. The zero-order valence-electron chi connectivity index (χ0n) is 12.7. The summed E-state index contributed by atoms with van der Waals surface area (Å²) in [6.07, 6.45) is 6.81. The fourth-order valence-electron chi connectivity index (χ4n) is 2.13. The van der Waals surface area contributed by atoms with Crippen molar-refractivity contribution in [2.24, 2.45) is 11.7 Å². The summed E-state index contributed by atoms with van der Waals surface area (Å²) in [6, 6.07) is 8.27. The SMILES string of the molecule is CCCCCCOc1ccc(CCC(CN)CO)cc1. The number of benzene rings is 1. The predicted molar refractivity (Wildman–Crippen MR) is 84.0 cm³/mol. The maximum Gasteiger partial charge on any atom is 0.119 e. The molecule has 0 radical (unpaired) electrons. The van der Waals surface area contributed by atoms with E-state index >= 15 is 0 Å². The number of hydrogen-bond donors (Lipinski definition) is 2. The lowest BCUT2D eigenvalue weighted by molar-refractivity contribution is 0.223. The summed E-state index contributed by atoms with van der Waals surface area (Å²) in [5.74, 6) is 1.16. The minimum atomic E-state index is 0.176. The third-order valence-electron chi connectivity index (χ3n) is 3.62. The van der Waals surface area contributed by atoms with Crippen LogP contribution in [-0.2, 0) is 6.42 Å². The number of aliphatic hydroxyl groups is 1. The first kappa shape index (κ1) is 17.0. The zero-order valence-corrected chi connectivity index (χ0v) is 12.7. The molecule has 114 valence electrons. The van der Waals surface area contributed by atoms with Gasteiger partial charge in [-0.2, -0.15) is 0 Å². The van der Waals surface area contributed by atoms with Gasteiger partial charge in [-0.05, 0) is 49.4 Å². The third-order valence-corrected chi connectivity index (χ3v) is 3.62. The Balaban J connectivity index is 2.25. The van der Waals surface area contributed by atoms with Crippen molar-refractivity contribution in [1.29, 1.82) is 0 Å². The molecule has 1 atom stereocenters. The van der Waals surface area contributed by atoms with Crippen LogP contribution in [-0.4, -0.2) is 24.9 Å². The van der Waals surface area contributed by atoms with Gasteiger partial charge in [0.1, 0.15) is 5.75 Å². The largest absolute Gasteiger partial charge is 0.494 e. The number of unbranched alkanes of at least 4 members (excludes halogenated alkanes) is 3. The highest BCUT2D eigenvalue weighted by atomic mass is 16.5. The van der Waals surface area contributed by atoms with Crippen LogP contribution in [0.3, 0.4) is 0 Å². The van der Waals surface area contributed by atoms with Crippen molar-refractivity contribution in [1.82, 2.24) is 0 Å². The Morgan fingerprint density at radius 3 is 2.50 bits per heavy atom. The second kappa shape index (κ2) is 10.7. The van der Waals surface area contributed by atoms with E-state index in [1.54, 1.807) is 0 Å². The molecule has 1 unspecified atom stereocenters. The highest BCUT2D eigenvalue weighted by molar-refractivity contribution is 5.27. The maximum absolute atomic E-state index is 9.11. The highest BCUT2D eigenvalue weighted by Crippen LogP contribution is 2.15. The van der Waals surface area contributed by atoms with Gasteiger partial charge in [0.15, 0.2) is 0 Å². The first-order chi connectivity index (χ1) is 9.80. The second-order valence-corrected chi connectivity index (χ2v) is 5.38. The van der Waals surface area contributed by atoms with Crippen LogP contribution in [0.5, 0.6) is 5.75 Å². The first-order valence-electron chi connectivity index (χ1n) is 7.82. The molecule has 3 N–H and O–H groups in total. The number of rotatable bonds is 11. The summed E-state index contributed by atoms with van der Waals surface area (Å²) in [6.45, 7) is 3.75. The second-order valence-electron chi connectivity index (χ2n) is 5.38. The Labute approximate surface area is 123 Å². The van der Waals surface area contributed by atoms with Gasteiger partial charge in [-0.1, -0.05) is 38.3 Å². The summed E-state index contributed by atoms with van der Waals surface area (Å²) in [5.41, 5.74) is 6.85. The average molecular weight is 279 g/mol. The molecule has 0 fully saturated rings. The summed E-state index contributed by atoms with van der Waals surface area (Å²) < 4.78 is 5.72.